The highest BCUT2D eigenvalue weighted by Gasteiger charge is 2.31. The third kappa shape index (κ3) is 4.07. The summed E-state index contributed by atoms with van der Waals surface area (Å²) < 4.78 is 53.6. The fourth-order valence-corrected chi connectivity index (χ4v) is 7.38. The molecule has 1 N–H and O–H groups in total. The van der Waals surface area contributed by atoms with Crippen LogP contribution in [0.4, 0.5) is 0 Å². The van der Waals surface area contributed by atoms with Gasteiger partial charge in [0.1, 0.15) is 9.46 Å². The van der Waals surface area contributed by atoms with Gasteiger partial charge >= 0.3 is 0 Å². The molecule has 2 heterocycles. The van der Waals surface area contributed by atoms with Crippen molar-refractivity contribution in [2.24, 2.45) is 0 Å². The fraction of sp³-hybridized carbons (Fsp3) is 0.176. The zero-order chi connectivity index (χ0) is 18.8. The van der Waals surface area contributed by atoms with E-state index in [1.54, 1.807) is 53.2 Å². The van der Waals surface area contributed by atoms with E-state index in [2.05, 4.69) is 4.72 Å². The van der Waals surface area contributed by atoms with Crippen LogP contribution < -0.4 is 4.72 Å². The molecule has 0 spiro atoms. The van der Waals surface area contributed by atoms with Crippen LogP contribution in [0.15, 0.2) is 68.4 Å². The molecule has 138 valence electrons. The second-order valence-corrected chi connectivity index (χ2v) is 11.7. The Morgan fingerprint density at radius 2 is 1.58 bits per heavy atom. The van der Waals surface area contributed by atoms with E-state index in [-0.39, 0.29) is 15.6 Å². The highest BCUT2D eigenvalue weighted by molar-refractivity contribution is 7.92. The van der Waals surface area contributed by atoms with Gasteiger partial charge in [0.05, 0.1) is 4.90 Å². The molecule has 3 rings (SSSR count). The van der Waals surface area contributed by atoms with E-state index >= 15 is 0 Å². The van der Waals surface area contributed by atoms with Crippen molar-refractivity contribution in [3.63, 3.8) is 0 Å². The van der Waals surface area contributed by atoms with Gasteiger partial charge in [-0.1, -0.05) is 29.8 Å². The second-order valence-electron chi connectivity index (χ2n) is 5.65. The van der Waals surface area contributed by atoms with Gasteiger partial charge in [-0.3, -0.25) is 0 Å². The first kappa shape index (κ1) is 19.2. The van der Waals surface area contributed by atoms with Gasteiger partial charge in [0.2, 0.25) is 10.0 Å². The monoisotopic (exact) mass is 427 g/mol. The summed E-state index contributed by atoms with van der Waals surface area (Å²) in [6.45, 7) is 1.65. The molecule has 1 atom stereocenters. The average molecular weight is 428 g/mol. The molecule has 3 aromatic rings. The molecule has 0 bridgehead atoms. The van der Waals surface area contributed by atoms with Gasteiger partial charge in [0.15, 0.2) is 9.84 Å². The molecule has 0 aliphatic carbocycles. The lowest BCUT2D eigenvalue weighted by atomic mass is 10.2. The normalized spacial score (nSPS) is 13.6. The van der Waals surface area contributed by atoms with E-state index in [1.807, 2.05) is 6.92 Å². The van der Waals surface area contributed by atoms with Gasteiger partial charge < -0.3 is 0 Å². The summed E-state index contributed by atoms with van der Waals surface area (Å²) in [6, 6.07) is 13.2. The Morgan fingerprint density at radius 3 is 2.15 bits per heavy atom. The number of hydrogen-bond acceptors (Lipinski definition) is 6. The van der Waals surface area contributed by atoms with Crippen LogP contribution in [-0.2, 0) is 19.9 Å². The van der Waals surface area contributed by atoms with Crippen LogP contribution in [0.3, 0.4) is 0 Å². The largest absolute Gasteiger partial charge is 0.250 e. The number of rotatable bonds is 7. The smallest absolute Gasteiger partial charge is 0.223 e. The standard InChI is InChI=1S/C17H17NO4S4/c1-13-6-8-14(9-7-13)25(19,20)16(15-4-2-10-23-15)12-18-26(21,22)17-5-3-11-24-17/h2-11,16,18H,12H2,1H3. The van der Waals surface area contributed by atoms with Gasteiger partial charge in [-0.25, -0.2) is 21.6 Å². The van der Waals surface area contributed by atoms with E-state index in [4.69, 9.17) is 0 Å². The molecule has 5 nitrogen and oxygen atoms in total. The summed E-state index contributed by atoms with van der Waals surface area (Å²) in [5.41, 5.74) is 0.954. The minimum absolute atomic E-state index is 0.162. The summed E-state index contributed by atoms with van der Waals surface area (Å²) in [5, 5.41) is 2.45. The van der Waals surface area contributed by atoms with E-state index in [0.29, 0.717) is 4.88 Å². The minimum Gasteiger partial charge on any atom is -0.223 e. The number of benzene rings is 1. The maximum absolute atomic E-state index is 13.1. The molecular weight excluding hydrogens is 410 g/mol. The number of sulfone groups is 1. The lowest BCUT2D eigenvalue weighted by Crippen LogP contribution is -2.31. The molecule has 9 heteroatoms. The van der Waals surface area contributed by atoms with E-state index in [9.17, 15) is 16.8 Å². The molecule has 0 aliphatic heterocycles. The minimum atomic E-state index is -3.75. The summed E-state index contributed by atoms with van der Waals surface area (Å²) in [4.78, 5) is 0.774. The Balaban J connectivity index is 1.93. The van der Waals surface area contributed by atoms with E-state index in [1.165, 1.54) is 17.4 Å². The lowest BCUT2D eigenvalue weighted by Gasteiger charge is -2.17. The molecule has 0 amide bonds. The SMILES string of the molecule is Cc1ccc(S(=O)(=O)C(CNS(=O)(=O)c2cccs2)c2cccs2)cc1. The highest BCUT2D eigenvalue weighted by Crippen LogP contribution is 2.32. The molecule has 0 radical (unpaired) electrons. The first-order valence-electron chi connectivity index (χ1n) is 7.68. The van der Waals surface area contributed by atoms with E-state index < -0.39 is 25.1 Å². The van der Waals surface area contributed by atoms with Gasteiger partial charge in [-0.05, 0) is 41.9 Å². The first-order valence-corrected chi connectivity index (χ1v) is 12.5. The van der Waals surface area contributed by atoms with Crippen molar-refractivity contribution in [1.82, 2.24) is 4.72 Å². The van der Waals surface area contributed by atoms with Crippen LogP contribution in [0.5, 0.6) is 0 Å². The Morgan fingerprint density at radius 1 is 0.923 bits per heavy atom. The number of sulfonamides is 1. The molecule has 0 fully saturated rings. The zero-order valence-electron chi connectivity index (χ0n) is 13.8. The van der Waals surface area contributed by atoms with Crippen molar-refractivity contribution in [3.05, 3.63) is 69.7 Å². The topological polar surface area (TPSA) is 80.3 Å². The molecule has 2 aromatic heterocycles. The summed E-state index contributed by atoms with van der Waals surface area (Å²) in [7, 11) is -7.49. The molecule has 0 aliphatic rings. The summed E-state index contributed by atoms with van der Waals surface area (Å²) >= 11 is 2.38. The Bertz CT molecular complexity index is 1050. The van der Waals surface area contributed by atoms with Crippen LogP contribution in [0.1, 0.15) is 15.7 Å². The number of nitrogens with one attached hydrogen (secondary N) is 1. The van der Waals surface area contributed by atoms with Gasteiger partial charge in [-0.15, -0.1) is 22.7 Å². The Kier molecular flexibility index (Phi) is 5.64. The maximum atomic E-state index is 13.1. The number of hydrogen-bond donors (Lipinski definition) is 1. The molecule has 1 aromatic carbocycles. The van der Waals surface area contributed by atoms with Crippen LogP contribution in [-0.4, -0.2) is 23.4 Å². The highest BCUT2D eigenvalue weighted by atomic mass is 32.2. The molecule has 0 saturated heterocycles. The summed E-state index contributed by atoms with van der Waals surface area (Å²) in [6.07, 6.45) is 0. The van der Waals surface area contributed by atoms with Crippen molar-refractivity contribution in [3.8, 4) is 0 Å². The Labute approximate surface area is 161 Å². The number of aryl methyl sites for hydroxylation is 1. The predicted octanol–water partition coefficient (Wildman–Crippen LogP) is 3.61. The van der Waals surface area contributed by atoms with Gasteiger partial charge in [0.25, 0.3) is 0 Å². The second kappa shape index (κ2) is 7.61. The zero-order valence-corrected chi connectivity index (χ0v) is 17.1. The van der Waals surface area contributed by atoms with Crippen molar-refractivity contribution in [1.29, 1.82) is 0 Å². The van der Waals surface area contributed by atoms with Crippen molar-refractivity contribution >= 4 is 42.5 Å². The lowest BCUT2D eigenvalue weighted by molar-refractivity contribution is 0.571. The van der Waals surface area contributed by atoms with Gasteiger partial charge in [0, 0.05) is 11.4 Å². The molecule has 0 saturated carbocycles. The molecule has 1 unspecified atom stereocenters. The predicted molar refractivity (Wildman–Crippen MR) is 105 cm³/mol. The van der Waals surface area contributed by atoms with Crippen molar-refractivity contribution < 1.29 is 16.8 Å². The van der Waals surface area contributed by atoms with Crippen molar-refractivity contribution in [2.45, 2.75) is 21.3 Å². The van der Waals surface area contributed by atoms with Gasteiger partial charge in [-0.2, -0.15) is 0 Å². The fourth-order valence-electron chi connectivity index (χ4n) is 2.40. The maximum Gasteiger partial charge on any atom is 0.250 e. The van der Waals surface area contributed by atoms with Crippen LogP contribution >= 0.6 is 22.7 Å². The van der Waals surface area contributed by atoms with Crippen LogP contribution in [0.2, 0.25) is 0 Å². The van der Waals surface area contributed by atoms with Crippen LogP contribution in [0, 0.1) is 6.92 Å². The number of thiophene rings is 2. The molecule has 26 heavy (non-hydrogen) atoms. The first-order chi connectivity index (χ1) is 12.3. The third-order valence-electron chi connectivity index (χ3n) is 3.80. The Hall–Kier alpha value is -1.52. The molecular formula is C17H17NO4S4. The van der Waals surface area contributed by atoms with Crippen LogP contribution in [0.25, 0.3) is 0 Å². The quantitative estimate of drug-likeness (QED) is 0.625. The van der Waals surface area contributed by atoms with Crippen molar-refractivity contribution in [2.75, 3.05) is 6.54 Å². The average Bonchev–Trinajstić information content (AvgIpc) is 3.29. The van der Waals surface area contributed by atoms with E-state index in [0.717, 1.165) is 16.9 Å². The third-order valence-corrected chi connectivity index (χ3v) is 9.86. The summed E-state index contributed by atoms with van der Waals surface area (Å²) in [5.74, 6) is 0.